The third-order valence-electron chi connectivity index (χ3n) is 3.92. The summed E-state index contributed by atoms with van der Waals surface area (Å²) in [7, 11) is 0. The van der Waals surface area contributed by atoms with Crippen molar-refractivity contribution in [2.75, 3.05) is 11.9 Å². The molecule has 0 fully saturated rings. The molecule has 3 aromatic rings. The molecular formula is C19H14ClF3N2O3. The molecule has 1 heterocycles. The Balaban J connectivity index is 2.27. The fourth-order valence-electron chi connectivity index (χ4n) is 2.69. The second-order valence-corrected chi connectivity index (χ2v) is 6.19. The Labute approximate surface area is 162 Å². The number of alkyl halides is 3. The summed E-state index contributed by atoms with van der Waals surface area (Å²) in [6.07, 6.45) is -3.62. The van der Waals surface area contributed by atoms with Gasteiger partial charge in [0.25, 0.3) is 0 Å². The summed E-state index contributed by atoms with van der Waals surface area (Å²) in [6, 6.07) is 7.65. The lowest BCUT2D eigenvalue weighted by Gasteiger charge is -2.17. The second kappa shape index (κ2) is 7.55. The molecule has 28 heavy (non-hydrogen) atoms. The zero-order valence-electron chi connectivity index (χ0n) is 14.5. The van der Waals surface area contributed by atoms with Gasteiger partial charge in [-0.3, -0.25) is 4.98 Å². The number of halogens is 4. The molecule has 0 bridgehead atoms. The molecule has 0 spiro atoms. The highest BCUT2D eigenvalue weighted by Gasteiger charge is 2.34. The number of rotatable bonds is 4. The molecule has 2 aromatic carbocycles. The van der Waals surface area contributed by atoms with Gasteiger partial charge in [-0.25, -0.2) is 4.79 Å². The molecule has 2 N–H and O–H groups in total. The summed E-state index contributed by atoms with van der Waals surface area (Å²) in [5.41, 5.74) is -1.23. The molecule has 0 aliphatic rings. The van der Waals surface area contributed by atoms with Crippen molar-refractivity contribution in [1.82, 2.24) is 4.98 Å². The van der Waals surface area contributed by atoms with Gasteiger partial charge in [0.1, 0.15) is 11.3 Å². The maximum Gasteiger partial charge on any atom is 0.418 e. The van der Waals surface area contributed by atoms with E-state index in [1.54, 1.807) is 6.92 Å². The maximum atomic E-state index is 13.4. The highest BCUT2D eigenvalue weighted by atomic mass is 35.5. The number of pyridine rings is 1. The predicted octanol–water partition coefficient (Wildman–Crippen LogP) is 5.53. The number of hydrogen-bond acceptors (Lipinski definition) is 5. The van der Waals surface area contributed by atoms with Crippen molar-refractivity contribution in [2.45, 2.75) is 13.1 Å². The molecule has 0 radical (unpaired) electrons. The van der Waals surface area contributed by atoms with Crippen LogP contribution < -0.4 is 5.32 Å². The van der Waals surface area contributed by atoms with Gasteiger partial charge in [0.15, 0.2) is 0 Å². The van der Waals surface area contributed by atoms with Crippen LogP contribution in [-0.4, -0.2) is 22.7 Å². The molecule has 1 aromatic heterocycles. The lowest BCUT2D eigenvalue weighted by atomic mass is 10.0. The van der Waals surface area contributed by atoms with Crippen LogP contribution in [0.2, 0.25) is 5.02 Å². The minimum Gasteiger partial charge on any atom is -0.506 e. The van der Waals surface area contributed by atoms with Crippen LogP contribution in [0.25, 0.3) is 10.9 Å². The number of anilines is 2. The Morgan fingerprint density at radius 1 is 1.29 bits per heavy atom. The third-order valence-corrected chi connectivity index (χ3v) is 4.15. The number of esters is 1. The van der Waals surface area contributed by atoms with Gasteiger partial charge in [-0.2, -0.15) is 13.2 Å². The van der Waals surface area contributed by atoms with E-state index < -0.39 is 17.7 Å². The Bertz CT molecular complexity index is 1050. The molecule has 0 atom stereocenters. The molecule has 0 aliphatic heterocycles. The van der Waals surface area contributed by atoms with Crippen molar-refractivity contribution in [3.05, 3.63) is 58.7 Å². The Kier molecular flexibility index (Phi) is 5.33. The number of phenols is 1. The molecule has 0 amide bonds. The van der Waals surface area contributed by atoms with E-state index in [4.69, 9.17) is 16.3 Å². The molecule has 5 nitrogen and oxygen atoms in total. The van der Waals surface area contributed by atoms with Gasteiger partial charge < -0.3 is 15.2 Å². The fourth-order valence-corrected chi connectivity index (χ4v) is 2.87. The first kappa shape index (κ1) is 19.8. The number of nitrogens with zero attached hydrogens (tertiary/aromatic N) is 1. The van der Waals surface area contributed by atoms with Crippen LogP contribution in [0.3, 0.4) is 0 Å². The topological polar surface area (TPSA) is 71.5 Å². The van der Waals surface area contributed by atoms with E-state index in [1.807, 2.05) is 0 Å². The molecule has 3 rings (SSSR count). The number of carbonyl (C=O) groups is 1. The monoisotopic (exact) mass is 410 g/mol. The number of ether oxygens (including phenoxy) is 1. The Hall–Kier alpha value is -3.00. The number of benzene rings is 2. The molecule has 146 valence electrons. The van der Waals surface area contributed by atoms with Crippen LogP contribution in [0.1, 0.15) is 22.8 Å². The van der Waals surface area contributed by atoms with Crippen molar-refractivity contribution in [1.29, 1.82) is 0 Å². The lowest BCUT2D eigenvalue weighted by molar-refractivity contribution is -0.136. The zero-order chi connectivity index (χ0) is 20.5. The average Bonchev–Trinajstić information content (AvgIpc) is 2.63. The van der Waals surface area contributed by atoms with Crippen LogP contribution >= 0.6 is 11.6 Å². The van der Waals surface area contributed by atoms with E-state index >= 15 is 0 Å². The van der Waals surface area contributed by atoms with Crippen LogP contribution in [0, 0.1) is 0 Å². The van der Waals surface area contributed by atoms with Crippen LogP contribution in [0.4, 0.5) is 24.5 Å². The number of phenolic OH excluding ortho intramolecular Hbond substituents is 1. The van der Waals surface area contributed by atoms with E-state index in [9.17, 15) is 23.1 Å². The minimum absolute atomic E-state index is 0.0205. The number of aromatic nitrogens is 1. The fraction of sp³-hybridized carbons (Fsp3) is 0.158. The molecule has 0 saturated carbocycles. The van der Waals surface area contributed by atoms with Gasteiger partial charge in [-0.05, 0) is 31.2 Å². The van der Waals surface area contributed by atoms with Crippen molar-refractivity contribution in [3.8, 4) is 5.75 Å². The van der Waals surface area contributed by atoms with E-state index in [1.165, 1.54) is 30.3 Å². The van der Waals surface area contributed by atoms with Gasteiger partial charge >= 0.3 is 12.1 Å². The van der Waals surface area contributed by atoms with Crippen molar-refractivity contribution in [2.24, 2.45) is 0 Å². The normalized spacial score (nSPS) is 11.5. The number of hydrogen-bond donors (Lipinski definition) is 2. The minimum atomic E-state index is -4.63. The van der Waals surface area contributed by atoms with Crippen LogP contribution in [0.5, 0.6) is 5.75 Å². The Morgan fingerprint density at radius 2 is 2.04 bits per heavy atom. The first-order valence-corrected chi connectivity index (χ1v) is 8.51. The van der Waals surface area contributed by atoms with Crippen molar-refractivity contribution in [3.63, 3.8) is 0 Å². The predicted molar refractivity (Wildman–Crippen MR) is 99.1 cm³/mol. The highest BCUT2D eigenvalue weighted by Crippen LogP contribution is 2.39. The summed E-state index contributed by atoms with van der Waals surface area (Å²) in [6.45, 7) is 1.67. The number of para-hydroxylation sites is 1. The molecular weight excluding hydrogens is 397 g/mol. The number of aromatic hydroxyl groups is 1. The maximum absolute atomic E-state index is 13.4. The average molecular weight is 411 g/mol. The summed E-state index contributed by atoms with van der Waals surface area (Å²) < 4.78 is 45.1. The summed E-state index contributed by atoms with van der Waals surface area (Å²) in [5.74, 6) is -0.963. The Morgan fingerprint density at radius 3 is 2.71 bits per heavy atom. The van der Waals surface area contributed by atoms with E-state index in [2.05, 4.69) is 10.3 Å². The van der Waals surface area contributed by atoms with E-state index in [0.29, 0.717) is 0 Å². The number of carbonyl (C=O) groups excluding carboxylic acids is 1. The summed E-state index contributed by atoms with van der Waals surface area (Å²) in [5, 5.41) is 13.2. The van der Waals surface area contributed by atoms with Crippen molar-refractivity contribution >= 4 is 39.8 Å². The second-order valence-electron chi connectivity index (χ2n) is 5.75. The standard InChI is InChI=1S/C19H14ClF3N2O3/c1-2-28-18(27)12-9-24-17-11(4-3-5-13(17)19(21,22)23)16(12)25-14-8-10(20)6-7-15(14)26/h3-9,26H,2H2,1H3,(H,24,25). The first-order chi connectivity index (χ1) is 13.2. The highest BCUT2D eigenvalue weighted by molar-refractivity contribution is 6.31. The number of fused-ring (bicyclic) bond motifs is 1. The largest absolute Gasteiger partial charge is 0.506 e. The SMILES string of the molecule is CCOC(=O)c1cnc2c(C(F)(F)F)cccc2c1Nc1cc(Cl)ccc1O. The van der Waals surface area contributed by atoms with Crippen LogP contribution in [-0.2, 0) is 10.9 Å². The molecule has 0 saturated heterocycles. The van der Waals surface area contributed by atoms with Gasteiger partial charge in [-0.15, -0.1) is 0 Å². The molecule has 9 heteroatoms. The van der Waals surface area contributed by atoms with Gasteiger partial charge in [0.05, 0.1) is 29.1 Å². The van der Waals surface area contributed by atoms with E-state index in [-0.39, 0.29) is 45.2 Å². The first-order valence-electron chi connectivity index (χ1n) is 8.14. The third kappa shape index (κ3) is 3.82. The molecule has 0 aliphatic carbocycles. The van der Waals surface area contributed by atoms with Gasteiger partial charge in [0.2, 0.25) is 0 Å². The van der Waals surface area contributed by atoms with Gasteiger partial charge in [-0.1, -0.05) is 23.7 Å². The number of nitrogens with one attached hydrogen (secondary N) is 1. The van der Waals surface area contributed by atoms with E-state index in [0.717, 1.165) is 12.3 Å². The summed E-state index contributed by atoms with van der Waals surface area (Å²) in [4.78, 5) is 16.2. The zero-order valence-corrected chi connectivity index (χ0v) is 15.2. The van der Waals surface area contributed by atoms with Gasteiger partial charge in [0, 0.05) is 16.6 Å². The lowest BCUT2D eigenvalue weighted by Crippen LogP contribution is -2.11. The molecule has 0 unspecified atom stereocenters. The quantitative estimate of drug-likeness (QED) is 0.437. The van der Waals surface area contributed by atoms with Crippen molar-refractivity contribution < 1.29 is 27.8 Å². The smallest absolute Gasteiger partial charge is 0.418 e. The summed E-state index contributed by atoms with van der Waals surface area (Å²) >= 11 is 5.93. The van der Waals surface area contributed by atoms with Crippen LogP contribution in [0.15, 0.2) is 42.6 Å².